The summed E-state index contributed by atoms with van der Waals surface area (Å²) in [6.45, 7) is 3.94. The van der Waals surface area contributed by atoms with E-state index in [2.05, 4.69) is 67.4 Å². The van der Waals surface area contributed by atoms with Gasteiger partial charge in [0, 0.05) is 31.7 Å². The summed E-state index contributed by atoms with van der Waals surface area (Å²) in [6, 6.07) is 17.0. The minimum absolute atomic E-state index is 0.140. The lowest BCUT2D eigenvalue weighted by Crippen LogP contribution is -2.51. The van der Waals surface area contributed by atoms with E-state index in [9.17, 15) is 4.79 Å². The number of aryl methyl sites for hydroxylation is 1. The van der Waals surface area contributed by atoms with Crippen molar-refractivity contribution in [2.45, 2.75) is 57.2 Å². The molecule has 2 aliphatic rings. The maximum atomic E-state index is 12.8. The predicted octanol–water partition coefficient (Wildman–Crippen LogP) is 4.20. The number of fused-ring (bicyclic) bond motifs is 1. The van der Waals surface area contributed by atoms with E-state index in [-0.39, 0.29) is 11.5 Å². The highest BCUT2D eigenvalue weighted by Crippen LogP contribution is 2.39. The molecule has 1 fully saturated rings. The highest BCUT2D eigenvalue weighted by Gasteiger charge is 2.41. The summed E-state index contributed by atoms with van der Waals surface area (Å²) in [7, 11) is 4.14. The zero-order valence-corrected chi connectivity index (χ0v) is 17.9. The van der Waals surface area contributed by atoms with Gasteiger partial charge in [0.15, 0.2) is 0 Å². The third-order valence-electron chi connectivity index (χ3n) is 6.58. The van der Waals surface area contributed by atoms with Gasteiger partial charge in [0.05, 0.1) is 6.42 Å². The predicted molar refractivity (Wildman–Crippen MR) is 116 cm³/mol. The van der Waals surface area contributed by atoms with E-state index >= 15 is 0 Å². The minimum Gasteiger partial charge on any atom is -0.486 e. The number of amides is 1. The van der Waals surface area contributed by atoms with Crippen molar-refractivity contribution in [1.29, 1.82) is 0 Å². The van der Waals surface area contributed by atoms with Crippen LogP contribution in [0.25, 0.3) is 0 Å². The molecule has 0 N–H and O–H groups in total. The molecule has 1 aliphatic heterocycles. The normalized spacial score (nSPS) is 24.4. The van der Waals surface area contributed by atoms with Gasteiger partial charge in [-0.05, 0) is 51.3 Å². The number of carbonyl (C=O) groups excluding carboxylic acids is 1. The summed E-state index contributed by atoms with van der Waals surface area (Å²) in [4.78, 5) is 17.2. The lowest BCUT2D eigenvalue weighted by atomic mass is 9.81. The fraction of sp³-hybridized carbons (Fsp3) is 0.480. The van der Waals surface area contributed by atoms with Crippen LogP contribution in [0.4, 0.5) is 0 Å². The highest BCUT2D eigenvalue weighted by atomic mass is 16.5. The van der Waals surface area contributed by atoms with E-state index in [1.165, 1.54) is 11.1 Å². The standard InChI is InChI=1S/C25H32N2O2/c1-19-8-10-20(11-9-19)16-24(28)27(3)22-12-14-25(15-13-22)18-26(2)17-21-6-4-5-7-23(21)29-25/h4-11,22H,12-18H2,1-3H3. The Morgan fingerprint density at radius 1 is 1.14 bits per heavy atom. The fourth-order valence-corrected chi connectivity index (χ4v) is 4.82. The van der Waals surface area contributed by atoms with Crippen LogP contribution in [-0.4, -0.2) is 48.0 Å². The zero-order chi connectivity index (χ0) is 20.4. The Morgan fingerprint density at radius 2 is 1.83 bits per heavy atom. The zero-order valence-electron chi connectivity index (χ0n) is 17.9. The molecular formula is C25H32N2O2. The average Bonchev–Trinajstić information content (AvgIpc) is 2.84. The van der Waals surface area contributed by atoms with Gasteiger partial charge in [-0.2, -0.15) is 0 Å². The van der Waals surface area contributed by atoms with Gasteiger partial charge in [0.1, 0.15) is 11.4 Å². The molecular weight excluding hydrogens is 360 g/mol. The van der Waals surface area contributed by atoms with E-state index in [1.54, 1.807) is 0 Å². The van der Waals surface area contributed by atoms with Gasteiger partial charge in [-0.1, -0.05) is 48.0 Å². The lowest BCUT2D eigenvalue weighted by Gasteiger charge is -2.43. The maximum absolute atomic E-state index is 12.8. The van der Waals surface area contributed by atoms with Crippen LogP contribution in [0.2, 0.25) is 0 Å². The molecule has 0 saturated heterocycles. The number of hydrogen-bond acceptors (Lipinski definition) is 3. The SMILES string of the molecule is Cc1ccc(CC(=O)N(C)C2CCC3(CC2)CN(C)Cc2ccccc2O3)cc1. The molecule has 4 nitrogen and oxygen atoms in total. The number of hydrogen-bond donors (Lipinski definition) is 0. The molecule has 0 unspecified atom stereocenters. The second kappa shape index (κ2) is 8.19. The van der Waals surface area contributed by atoms with Crippen molar-refractivity contribution in [3.8, 4) is 5.75 Å². The summed E-state index contributed by atoms with van der Waals surface area (Å²) in [6.07, 6.45) is 4.43. The van der Waals surface area contributed by atoms with Crippen LogP contribution in [0.3, 0.4) is 0 Å². The lowest BCUT2D eigenvalue weighted by molar-refractivity contribution is -0.133. The number of benzene rings is 2. The Morgan fingerprint density at radius 3 is 2.55 bits per heavy atom. The molecule has 1 heterocycles. The van der Waals surface area contributed by atoms with Gasteiger partial charge in [-0.3, -0.25) is 9.69 Å². The van der Waals surface area contributed by atoms with Gasteiger partial charge >= 0.3 is 0 Å². The average molecular weight is 393 g/mol. The number of para-hydroxylation sites is 1. The molecule has 2 aromatic carbocycles. The van der Waals surface area contributed by atoms with Crippen molar-refractivity contribution in [2.24, 2.45) is 0 Å². The van der Waals surface area contributed by atoms with Crippen molar-refractivity contribution in [3.63, 3.8) is 0 Å². The maximum Gasteiger partial charge on any atom is 0.226 e. The molecule has 1 saturated carbocycles. The summed E-state index contributed by atoms with van der Waals surface area (Å²) in [5.41, 5.74) is 3.44. The quantitative estimate of drug-likeness (QED) is 0.785. The van der Waals surface area contributed by atoms with E-state index in [0.717, 1.165) is 50.1 Å². The van der Waals surface area contributed by atoms with Crippen LogP contribution >= 0.6 is 0 Å². The second-order valence-corrected chi connectivity index (χ2v) is 8.96. The van der Waals surface area contributed by atoms with Crippen LogP contribution in [0.1, 0.15) is 42.4 Å². The first kappa shape index (κ1) is 20.0. The second-order valence-electron chi connectivity index (χ2n) is 8.96. The Bertz CT molecular complexity index is 853. The molecule has 4 heteroatoms. The molecule has 0 radical (unpaired) electrons. The monoisotopic (exact) mass is 392 g/mol. The van der Waals surface area contributed by atoms with Gasteiger partial charge < -0.3 is 9.64 Å². The third kappa shape index (κ3) is 4.48. The van der Waals surface area contributed by atoms with Crippen LogP contribution in [0, 0.1) is 6.92 Å². The van der Waals surface area contributed by atoms with E-state index < -0.39 is 0 Å². The Hall–Kier alpha value is -2.33. The first-order valence-corrected chi connectivity index (χ1v) is 10.7. The largest absolute Gasteiger partial charge is 0.486 e. The first-order chi connectivity index (χ1) is 13.9. The molecule has 0 atom stereocenters. The Balaban J connectivity index is 1.39. The Kier molecular flexibility index (Phi) is 5.64. The molecule has 2 aromatic rings. The van der Waals surface area contributed by atoms with Crippen LogP contribution in [0.5, 0.6) is 5.75 Å². The van der Waals surface area contributed by atoms with Crippen molar-refractivity contribution in [3.05, 3.63) is 65.2 Å². The summed E-state index contributed by atoms with van der Waals surface area (Å²) < 4.78 is 6.61. The minimum atomic E-state index is -0.140. The molecule has 1 amide bonds. The van der Waals surface area contributed by atoms with Crippen LogP contribution < -0.4 is 4.74 Å². The molecule has 0 bridgehead atoms. The summed E-state index contributed by atoms with van der Waals surface area (Å²) in [5, 5.41) is 0. The van der Waals surface area contributed by atoms with Gasteiger partial charge in [-0.25, -0.2) is 0 Å². The van der Waals surface area contributed by atoms with Crippen molar-refractivity contribution in [1.82, 2.24) is 9.80 Å². The van der Waals surface area contributed by atoms with Crippen molar-refractivity contribution >= 4 is 5.91 Å². The van der Waals surface area contributed by atoms with Gasteiger partial charge in [-0.15, -0.1) is 0 Å². The molecule has 29 heavy (non-hydrogen) atoms. The van der Waals surface area contributed by atoms with Crippen molar-refractivity contribution in [2.75, 3.05) is 20.6 Å². The molecule has 0 aromatic heterocycles. The Labute approximate surface area is 174 Å². The number of ether oxygens (including phenoxy) is 1. The molecule has 4 rings (SSSR count). The first-order valence-electron chi connectivity index (χ1n) is 10.7. The number of nitrogens with zero attached hydrogens (tertiary/aromatic N) is 2. The number of carbonyl (C=O) groups is 1. The molecule has 154 valence electrons. The van der Waals surface area contributed by atoms with E-state index in [4.69, 9.17) is 4.74 Å². The molecule has 1 aliphatic carbocycles. The smallest absolute Gasteiger partial charge is 0.226 e. The van der Waals surface area contributed by atoms with Crippen LogP contribution in [0.15, 0.2) is 48.5 Å². The van der Waals surface area contributed by atoms with E-state index in [1.807, 2.05) is 11.9 Å². The van der Waals surface area contributed by atoms with Gasteiger partial charge in [0.2, 0.25) is 5.91 Å². The summed E-state index contributed by atoms with van der Waals surface area (Å²) >= 11 is 0. The topological polar surface area (TPSA) is 32.8 Å². The number of rotatable bonds is 3. The molecule has 1 spiro atoms. The number of likely N-dealkylation sites (N-methyl/N-ethyl adjacent to an activating group) is 2. The highest BCUT2D eigenvalue weighted by molar-refractivity contribution is 5.78. The summed E-state index contributed by atoms with van der Waals surface area (Å²) in [5.74, 6) is 1.23. The van der Waals surface area contributed by atoms with Crippen molar-refractivity contribution < 1.29 is 9.53 Å². The van der Waals surface area contributed by atoms with Crippen LogP contribution in [-0.2, 0) is 17.8 Å². The van der Waals surface area contributed by atoms with E-state index in [0.29, 0.717) is 12.5 Å². The fourth-order valence-electron chi connectivity index (χ4n) is 4.82. The van der Waals surface area contributed by atoms with Gasteiger partial charge in [0.25, 0.3) is 0 Å². The third-order valence-corrected chi connectivity index (χ3v) is 6.58.